The highest BCUT2D eigenvalue weighted by molar-refractivity contribution is 7.94. The number of anilines is 4. The smallest absolute Gasteiger partial charge is 0.320 e. The zero-order valence-electron chi connectivity index (χ0n) is 32.8. The van der Waals surface area contributed by atoms with Crippen LogP contribution in [0.2, 0.25) is 0 Å². The molecule has 0 aliphatic rings. The fourth-order valence-electron chi connectivity index (χ4n) is 5.65. The van der Waals surface area contributed by atoms with Crippen molar-refractivity contribution in [2.75, 3.05) is 10.6 Å². The summed E-state index contributed by atoms with van der Waals surface area (Å²) in [6.45, 7) is 3.65. The predicted molar refractivity (Wildman–Crippen MR) is 233 cm³/mol. The van der Waals surface area contributed by atoms with Gasteiger partial charge in [-0.25, -0.2) is 10.5 Å². The van der Waals surface area contributed by atoms with Crippen LogP contribution in [0.15, 0.2) is 155 Å². The topological polar surface area (TPSA) is 309 Å². The van der Waals surface area contributed by atoms with Gasteiger partial charge >= 0.3 is 6.01 Å². The SMILES string of the molecule is Cc1cc(N=Nc2c(SOOO)cc3cc(Nc4nc(O)nc(Nc5cccc(S(=O)(=O)O)c5)n4)ccc3c2O)c(C)cc1N=Nc1ccc(N=Nc2ccc(SOOO)cc2)cc1. The Bertz CT molecular complexity index is 3020. The minimum Gasteiger partial charge on any atom is -0.505 e. The molecule has 0 fully saturated rings. The standard InChI is InChI=1S/C39H31N11O11S3/c1-21-17-33(22(2)16-32(21)48-47-25-8-6-24(7-9-25)45-46-26-10-13-29(14-11-26)62-60-58-53)49-50-35-34(63-61-59-54)19-23-18-28(12-15-31(23)36(35)51)41-38-42-37(43-39(52)44-38)40-27-4-3-5-30(20-27)64(55,56)57/h3-20,51,53-54H,1-2H3,(H,55,56,57)(H3,40,41,42,43,44,52). The van der Waals surface area contributed by atoms with Crippen LogP contribution in [0, 0.1) is 13.8 Å². The number of azo groups is 3. The van der Waals surface area contributed by atoms with E-state index in [2.05, 4.69) is 70.7 Å². The van der Waals surface area contributed by atoms with Gasteiger partial charge < -0.3 is 20.8 Å². The molecule has 0 unspecified atom stereocenters. The lowest BCUT2D eigenvalue weighted by atomic mass is 10.1. The van der Waals surface area contributed by atoms with Crippen molar-refractivity contribution in [1.82, 2.24) is 15.0 Å². The number of aromatic nitrogens is 3. The summed E-state index contributed by atoms with van der Waals surface area (Å²) in [6, 6.07) is 28.5. The molecular weight excluding hydrogens is 895 g/mol. The number of nitrogens with zero attached hydrogens (tertiary/aromatic N) is 9. The van der Waals surface area contributed by atoms with E-state index < -0.39 is 16.1 Å². The Morgan fingerprint density at radius 2 is 1.16 bits per heavy atom. The second kappa shape index (κ2) is 20.4. The van der Waals surface area contributed by atoms with Crippen molar-refractivity contribution < 1.29 is 52.4 Å². The van der Waals surface area contributed by atoms with Gasteiger partial charge in [0.25, 0.3) is 10.1 Å². The minimum absolute atomic E-state index is 0.00659. The first-order valence-corrected chi connectivity index (χ1v) is 21.0. The number of phenols is 1. The third kappa shape index (κ3) is 11.7. The van der Waals surface area contributed by atoms with Gasteiger partial charge in [0, 0.05) is 21.7 Å². The molecule has 7 aromatic rings. The van der Waals surface area contributed by atoms with Crippen LogP contribution in [0.25, 0.3) is 10.8 Å². The molecule has 0 aliphatic heterocycles. The summed E-state index contributed by atoms with van der Waals surface area (Å²) >= 11 is 1.40. The second-order valence-electron chi connectivity index (χ2n) is 13.0. The van der Waals surface area contributed by atoms with Crippen LogP contribution in [0.3, 0.4) is 0 Å². The largest absolute Gasteiger partial charge is 0.505 e. The van der Waals surface area contributed by atoms with E-state index in [0.717, 1.165) is 23.7 Å². The van der Waals surface area contributed by atoms with E-state index in [1.165, 1.54) is 18.2 Å². The van der Waals surface area contributed by atoms with Crippen molar-refractivity contribution in [3.05, 3.63) is 120 Å². The number of nitrogens with one attached hydrogen (secondary N) is 2. The van der Waals surface area contributed by atoms with Gasteiger partial charge in [-0.05, 0) is 133 Å². The van der Waals surface area contributed by atoms with Crippen LogP contribution in [0.1, 0.15) is 11.1 Å². The first-order valence-electron chi connectivity index (χ1n) is 18.1. The van der Waals surface area contributed by atoms with Gasteiger partial charge in [-0.15, -0.1) is 13.8 Å². The normalized spacial score (nSPS) is 12.0. The van der Waals surface area contributed by atoms with Crippen molar-refractivity contribution in [3.63, 3.8) is 0 Å². The molecule has 22 nitrogen and oxygen atoms in total. The molecule has 7 rings (SSSR count). The Balaban J connectivity index is 1.06. The maximum absolute atomic E-state index is 11.6. The summed E-state index contributed by atoms with van der Waals surface area (Å²) in [6.07, 6.45) is 0. The van der Waals surface area contributed by atoms with Gasteiger partial charge in [-0.1, -0.05) is 16.1 Å². The molecule has 25 heteroatoms. The van der Waals surface area contributed by atoms with Gasteiger partial charge in [0.1, 0.15) is 5.69 Å². The second-order valence-corrected chi connectivity index (χ2v) is 16.0. The highest BCUT2D eigenvalue weighted by atomic mass is 32.2. The number of hydrogen-bond donors (Lipinski definition) is 7. The zero-order valence-corrected chi connectivity index (χ0v) is 35.3. The molecule has 0 radical (unpaired) electrons. The number of hydrogen-bond acceptors (Lipinski definition) is 23. The third-order valence-electron chi connectivity index (χ3n) is 8.65. The highest BCUT2D eigenvalue weighted by Gasteiger charge is 2.17. The lowest BCUT2D eigenvalue weighted by Crippen LogP contribution is -2.04. The van der Waals surface area contributed by atoms with Gasteiger partial charge in [0.15, 0.2) is 5.75 Å². The molecule has 1 heterocycles. The third-order valence-corrected chi connectivity index (χ3v) is 10.7. The summed E-state index contributed by atoms with van der Waals surface area (Å²) in [5.74, 6) is -0.515. The Hall–Kier alpha value is -7.04. The Labute approximate surface area is 370 Å². The molecule has 0 bridgehead atoms. The van der Waals surface area contributed by atoms with Crippen molar-refractivity contribution >= 4 is 102 Å². The van der Waals surface area contributed by atoms with Crippen molar-refractivity contribution in [2.45, 2.75) is 28.5 Å². The molecule has 0 aliphatic carbocycles. The van der Waals surface area contributed by atoms with E-state index in [9.17, 15) is 23.2 Å². The molecular formula is C39H31N11O11S3. The molecule has 1 aromatic heterocycles. The lowest BCUT2D eigenvalue weighted by Gasteiger charge is -2.12. The van der Waals surface area contributed by atoms with Gasteiger partial charge in [0.05, 0.1) is 62.3 Å². The zero-order chi connectivity index (χ0) is 45.2. The fraction of sp³-hybridized carbons (Fsp3) is 0.0513. The first kappa shape index (κ1) is 45.0. The van der Waals surface area contributed by atoms with E-state index >= 15 is 0 Å². The number of phenolic OH excluding ortho intramolecular Hbond substituents is 1. The van der Waals surface area contributed by atoms with Gasteiger partial charge in [-0.3, -0.25) is 4.55 Å². The monoisotopic (exact) mass is 925 g/mol. The number of fused-ring (bicyclic) bond motifs is 1. The summed E-state index contributed by atoms with van der Waals surface area (Å²) < 4.78 is 41.6. The number of aryl methyl sites for hydroxylation is 2. The summed E-state index contributed by atoms with van der Waals surface area (Å²) in [7, 11) is -4.48. The number of benzene rings is 6. The van der Waals surface area contributed by atoms with Crippen LogP contribution in [-0.4, -0.2) is 48.7 Å². The first-order chi connectivity index (χ1) is 30.8. The van der Waals surface area contributed by atoms with Crippen LogP contribution in [0.5, 0.6) is 11.8 Å². The van der Waals surface area contributed by atoms with Crippen LogP contribution in [-0.2, 0) is 28.9 Å². The van der Waals surface area contributed by atoms with E-state index in [1.807, 2.05) is 13.8 Å². The molecule has 0 saturated heterocycles. The minimum atomic E-state index is -4.48. The maximum Gasteiger partial charge on any atom is 0.320 e. The van der Waals surface area contributed by atoms with Crippen LogP contribution in [0.4, 0.5) is 57.4 Å². The Morgan fingerprint density at radius 3 is 1.75 bits per heavy atom. The number of aromatic hydroxyl groups is 2. The van der Waals surface area contributed by atoms with Gasteiger partial charge in [0.2, 0.25) is 11.9 Å². The summed E-state index contributed by atoms with van der Waals surface area (Å²) in [5, 5.41) is 78.7. The van der Waals surface area contributed by atoms with Crippen molar-refractivity contribution in [1.29, 1.82) is 0 Å². The summed E-state index contributed by atoms with van der Waals surface area (Å²) in [5.41, 5.74) is 4.91. The van der Waals surface area contributed by atoms with Crippen LogP contribution < -0.4 is 10.6 Å². The fourth-order valence-corrected chi connectivity index (χ4v) is 7.03. The average molecular weight is 926 g/mol. The molecule has 6 aromatic carbocycles. The molecule has 0 atom stereocenters. The Kier molecular flexibility index (Phi) is 14.4. The molecule has 0 saturated carbocycles. The van der Waals surface area contributed by atoms with Gasteiger partial charge in [-0.2, -0.15) is 48.9 Å². The molecule has 326 valence electrons. The molecule has 7 N–H and O–H groups in total. The quantitative estimate of drug-likeness (QED) is 0.0147. The van der Waals surface area contributed by atoms with Crippen molar-refractivity contribution in [2.24, 2.45) is 30.7 Å². The van der Waals surface area contributed by atoms with E-state index in [4.69, 9.17) is 14.8 Å². The van der Waals surface area contributed by atoms with E-state index in [0.29, 0.717) is 67.4 Å². The van der Waals surface area contributed by atoms with Crippen molar-refractivity contribution in [3.8, 4) is 11.8 Å². The molecule has 0 spiro atoms. The lowest BCUT2D eigenvalue weighted by molar-refractivity contribution is -0.432. The highest BCUT2D eigenvalue weighted by Crippen LogP contribution is 2.45. The predicted octanol–water partition coefficient (Wildman–Crippen LogP) is 11.9. The summed E-state index contributed by atoms with van der Waals surface area (Å²) in [4.78, 5) is 12.5. The Morgan fingerprint density at radius 1 is 0.609 bits per heavy atom. The molecule has 0 amide bonds. The van der Waals surface area contributed by atoms with E-state index in [-0.39, 0.29) is 38.8 Å². The van der Waals surface area contributed by atoms with E-state index in [1.54, 1.807) is 84.9 Å². The maximum atomic E-state index is 11.6. The van der Waals surface area contributed by atoms with Crippen LogP contribution >= 0.6 is 24.1 Å². The average Bonchev–Trinajstić information content (AvgIpc) is 3.27. The number of rotatable bonds is 17. The molecule has 64 heavy (non-hydrogen) atoms.